The molecule has 0 amide bonds. The molecular weight excluding hydrogens is 508 g/mol. The van der Waals surface area contributed by atoms with E-state index in [2.05, 4.69) is 6.92 Å². The summed E-state index contributed by atoms with van der Waals surface area (Å²) in [5.74, 6) is 0.451. The van der Waals surface area contributed by atoms with Crippen LogP contribution in [0.1, 0.15) is 64.0 Å². The number of unbranched alkanes of at least 4 members (excludes halogenated alkanes) is 2. The van der Waals surface area contributed by atoms with Crippen molar-refractivity contribution >= 4 is 22.2 Å². The van der Waals surface area contributed by atoms with Gasteiger partial charge in [0.1, 0.15) is 5.75 Å². The van der Waals surface area contributed by atoms with Crippen LogP contribution in [0.4, 0.5) is 0 Å². The fourth-order valence-electron chi connectivity index (χ4n) is 3.44. The first kappa shape index (κ1) is 31.2. The molecule has 0 fully saturated rings. The van der Waals surface area contributed by atoms with Gasteiger partial charge in [0.2, 0.25) is 0 Å². The van der Waals surface area contributed by atoms with Gasteiger partial charge < -0.3 is 23.5 Å². The Morgan fingerprint density at radius 3 is 2.26 bits per heavy atom. The predicted molar refractivity (Wildman–Crippen MR) is 149 cm³/mol. The Kier molecular flexibility index (Phi) is 13.7. The number of hydrogen-bond acceptors (Lipinski definition) is 7. The maximum absolute atomic E-state index is 12.0. The molecule has 0 aliphatic rings. The maximum Gasteiger partial charge on any atom is 0.331 e. The Hall–Kier alpha value is -3.04. The zero-order valence-electron chi connectivity index (χ0n) is 22.6. The van der Waals surface area contributed by atoms with Gasteiger partial charge in [0.15, 0.2) is 11.5 Å². The van der Waals surface area contributed by atoms with Crippen molar-refractivity contribution in [2.24, 2.45) is 0 Å². The van der Waals surface area contributed by atoms with E-state index >= 15 is 0 Å². The third kappa shape index (κ3) is 11.6. The third-order valence-corrected chi connectivity index (χ3v) is 6.84. The van der Waals surface area contributed by atoms with Gasteiger partial charge >= 0.3 is 16.1 Å². The summed E-state index contributed by atoms with van der Waals surface area (Å²) >= 11 is 0. The van der Waals surface area contributed by atoms with E-state index in [1.807, 2.05) is 26.0 Å². The van der Waals surface area contributed by atoms with Crippen LogP contribution in [0, 0.1) is 0 Å². The summed E-state index contributed by atoms with van der Waals surface area (Å²) in [7, 11) is -3.58. The largest absolute Gasteiger partial charge is 0.490 e. The first-order chi connectivity index (χ1) is 18.3. The van der Waals surface area contributed by atoms with Crippen LogP contribution in [0.3, 0.4) is 0 Å². The summed E-state index contributed by atoms with van der Waals surface area (Å²) in [5.41, 5.74) is 1.94. The lowest BCUT2D eigenvalue weighted by Gasteiger charge is -2.14. The van der Waals surface area contributed by atoms with Crippen molar-refractivity contribution in [3.8, 4) is 17.2 Å². The lowest BCUT2D eigenvalue weighted by molar-refractivity contribution is -0.132. The van der Waals surface area contributed by atoms with Crippen molar-refractivity contribution in [2.45, 2.75) is 59.3 Å². The van der Waals surface area contributed by atoms with Crippen LogP contribution >= 0.6 is 0 Å². The zero-order chi connectivity index (χ0) is 27.8. The van der Waals surface area contributed by atoms with Crippen LogP contribution in [0.25, 0.3) is 6.08 Å². The van der Waals surface area contributed by atoms with E-state index in [0.29, 0.717) is 68.5 Å². The van der Waals surface area contributed by atoms with Crippen molar-refractivity contribution in [1.82, 2.24) is 0 Å². The van der Waals surface area contributed by atoms with Crippen molar-refractivity contribution in [2.75, 3.05) is 32.2 Å². The minimum atomic E-state index is -3.58. The maximum atomic E-state index is 12.0. The highest BCUT2D eigenvalue weighted by molar-refractivity contribution is 7.87. The highest BCUT2D eigenvalue weighted by atomic mass is 32.2. The molecule has 0 atom stereocenters. The average Bonchev–Trinajstić information content (AvgIpc) is 2.89. The number of rotatable bonds is 19. The summed E-state index contributed by atoms with van der Waals surface area (Å²) in [6, 6.07) is 12.3. The Balaban J connectivity index is 2.05. The number of aliphatic carboxylic acids is 1. The third-order valence-electron chi connectivity index (χ3n) is 5.60. The van der Waals surface area contributed by atoms with E-state index in [-0.39, 0.29) is 11.3 Å². The number of carbonyl (C=O) groups is 1. The van der Waals surface area contributed by atoms with Crippen LogP contribution in [-0.4, -0.2) is 51.7 Å². The molecule has 0 aliphatic heterocycles. The Bertz CT molecular complexity index is 1120. The van der Waals surface area contributed by atoms with Gasteiger partial charge in [-0.05, 0) is 61.2 Å². The lowest BCUT2D eigenvalue weighted by atomic mass is 10.1. The molecule has 2 rings (SSSR count). The first-order valence-electron chi connectivity index (χ1n) is 13.2. The first-order valence-corrected chi connectivity index (χ1v) is 14.8. The minimum absolute atomic E-state index is 0.00122. The van der Waals surface area contributed by atoms with Crippen LogP contribution in [0.2, 0.25) is 0 Å². The van der Waals surface area contributed by atoms with Gasteiger partial charge in [-0.1, -0.05) is 44.9 Å². The second-order valence-electron chi connectivity index (χ2n) is 8.77. The van der Waals surface area contributed by atoms with Gasteiger partial charge in [-0.3, -0.25) is 0 Å². The number of carboxylic acids is 1. The second-order valence-corrected chi connectivity index (χ2v) is 10.5. The number of ether oxygens (including phenoxy) is 3. The van der Waals surface area contributed by atoms with Crippen molar-refractivity contribution in [1.29, 1.82) is 0 Å². The second kappa shape index (κ2) is 16.7. The van der Waals surface area contributed by atoms with Crippen LogP contribution in [0.5, 0.6) is 17.2 Å². The van der Waals surface area contributed by atoms with E-state index in [1.165, 1.54) is 0 Å². The molecule has 0 heterocycles. The Labute approximate surface area is 226 Å². The molecule has 0 aliphatic carbocycles. The fraction of sp³-hybridized carbons (Fsp3) is 0.483. The normalized spacial score (nSPS) is 11.8. The van der Waals surface area contributed by atoms with Gasteiger partial charge in [-0.15, -0.1) is 0 Å². The average molecular weight is 549 g/mol. The molecule has 0 saturated heterocycles. The fourth-order valence-corrected chi connectivity index (χ4v) is 4.57. The molecule has 0 spiro atoms. The molecular formula is C29H40O8S. The van der Waals surface area contributed by atoms with Crippen LogP contribution < -0.4 is 13.7 Å². The molecule has 2 aromatic carbocycles. The highest BCUT2D eigenvalue weighted by Gasteiger charge is 2.13. The topological polar surface area (TPSA) is 108 Å². The monoisotopic (exact) mass is 548 g/mol. The van der Waals surface area contributed by atoms with Gasteiger partial charge in [0, 0.05) is 25.0 Å². The Morgan fingerprint density at radius 2 is 1.61 bits per heavy atom. The molecule has 1 N–H and O–H groups in total. The lowest BCUT2D eigenvalue weighted by Crippen LogP contribution is -2.13. The predicted octanol–water partition coefficient (Wildman–Crippen LogP) is 5.89. The molecule has 0 unspecified atom stereocenters. The van der Waals surface area contributed by atoms with E-state index in [9.17, 15) is 18.3 Å². The SMILES string of the molecule is CCCCOc1cc(/C=C(/CCOCC)C(=O)O)ccc1OCCc1ccc(OS(=O)(=O)CCCC)cc1. The van der Waals surface area contributed by atoms with Crippen LogP contribution in [-0.2, 0) is 26.1 Å². The van der Waals surface area contributed by atoms with E-state index in [1.54, 1.807) is 36.4 Å². The highest BCUT2D eigenvalue weighted by Crippen LogP contribution is 2.30. The summed E-state index contributed by atoms with van der Waals surface area (Å²) in [4.78, 5) is 11.7. The Morgan fingerprint density at radius 1 is 0.895 bits per heavy atom. The van der Waals surface area contributed by atoms with Crippen molar-refractivity contribution < 1.29 is 36.7 Å². The van der Waals surface area contributed by atoms with Gasteiger partial charge in [0.25, 0.3) is 0 Å². The smallest absolute Gasteiger partial charge is 0.331 e. The van der Waals surface area contributed by atoms with E-state index < -0.39 is 16.1 Å². The summed E-state index contributed by atoms with van der Waals surface area (Å²) < 4.78 is 46.4. The van der Waals surface area contributed by atoms with Crippen molar-refractivity contribution in [3.63, 3.8) is 0 Å². The summed E-state index contributed by atoms with van der Waals surface area (Å²) in [6.45, 7) is 7.66. The quantitative estimate of drug-likeness (QED) is 0.132. The molecule has 0 bridgehead atoms. The number of benzene rings is 2. The molecule has 210 valence electrons. The minimum Gasteiger partial charge on any atom is -0.490 e. The molecule has 38 heavy (non-hydrogen) atoms. The molecule has 9 heteroatoms. The van der Waals surface area contributed by atoms with Gasteiger partial charge in [0.05, 0.1) is 25.6 Å². The molecule has 0 aromatic heterocycles. The standard InChI is InChI=1S/C29H40O8S/c1-4-7-17-35-28-22-24(21-25(29(30)31)16-18-34-6-3)11-14-27(28)36-19-15-23-9-12-26(13-10-23)37-38(32,33)20-8-5-2/h9-14,21-22H,4-8,15-20H2,1-3H3,(H,30,31)/b25-21-. The summed E-state index contributed by atoms with van der Waals surface area (Å²) in [6.07, 6.45) is 5.75. The molecule has 8 nitrogen and oxygen atoms in total. The summed E-state index contributed by atoms with van der Waals surface area (Å²) in [5, 5.41) is 9.55. The molecule has 0 saturated carbocycles. The van der Waals surface area contributed by atoms with E-state index in [0.717, 1.165) is 24.8 Å². The van der Waals surface area contributed by atoms with Gasteiger partial charge in [-0.25, -0.2) is 4.79 Å². The molecule has 0 radical (unpaired) electrons. The van der Waals surface area contributed by atoms with E-state index in [4.69, 9.17) is 18.4 Å². The van der Waals surface area contributed by atoms with Crippen LogP contribution in [0.15, 0.2) is 48.0 Å². The van der Waals surface area contributed by atoms with Crippen molar-refractivity contribution in [3.05, 3.63) is 59.2 Å². The number of hydrogen-bond donors (Lipinski definition) is 1. The number of carboxylic acid groups (broad SMARTS) is 1. The zero-order valence-corrected chi connectivity index (χ0v) is 23.4. The molecule has 2 aromatic rings. The van der Waals surface area contributed by atoms with Gasteiger partial charge in [-0.2, -0.15) is 8.42 Å².